The van der Waals surface area contributed by atoms with Gasteiger partial charge in [-0.3, -0.25) is 10.1 Å². The first kappa shape index (κ1) is 17.2. The third-order valence-electron chi connectivity index (χ3n) is 4.37. The van der Waals surface area contributed by atoms with Crippen molar-refractivity contribution in [3.05, 3.63) is 45.7 Å². The van der Waals surface area contributed by atoms with Crippen molar-refractivity contribution in [3.8, 4) is 0 Å². The van der Waals surface area contributed by atoms with Crippen molar-refractivity contribution in [1.29, 1.82) is 0 Å². The van der Waals surface area contributed by atoms with Crippen molar-refractivity contribution in [2.45, 2.75) is 31.9 Å². The summed E-state index contributed by atoms with van der Waals surface area (Å²) in [6.45, 7) is 2.84. The number of nitrogens with one attached hydrogen (secondary N) is 1. The maximum atomic E-state index is 12.6. The number of nitrogens with zero attached hydrogens (tertiary/aromatic N) is 4. The Balaban J connectivity index is 1.67. The lowest BCUT2D eigenvalue weighted by Gasteiger charge is -2.32. The largest absolute Gasteiger partial charge is 0.432 e. The van der Waals surface area contributed by atoms with Gasteiger partial charge in [-0.2, -0.15) is 13.2 Å². The minimum atomic E-state index is -4.42. The van der Waals surface area contributed by atoms with E-state index in [0.29, 0.717) is 43.1 Å². The summed E-state index contributed by atoms with van der Waals surface area (Å²) in [6, 6.07) is 1.66. The van der Waals surface area contributed by atoms with E-state index in [2.05, 4.69) is 15.0 Å². The van der Waals surface area contributed by atoms with Gasteiger partial charge in [0.15, 0.2) is 0 Å². The smallest absolute Gasteiger partial charge is 0.357 e. The molecule has 0 unspecified atom stereocenters. The van der Waals surface area contributed by atoms with Crippen molar-refractivity contribution in [2.24, 2.45) is 0 Å². The van der Waals surface area contributed by atoms with Crippen molar-refractivity contribution < 1.29 is 18.1 Å². The third kappa shape index (κ3) is 3.57. The van der Waals surface area contributed by atoms with Gasteiger partial charge in [-0.05, 0) is 25.8 Å². The number of pyridine rings is 1. The highest BCUT2D eigenvalue weighted by Gasteiger charge is 2.34. The van der Waals surface area contributed by atoms with E-state index in [1.807, 2.05) is 4.90 Å². The number of aromatic amines is 1. The fourth-order valence-electron chi connectivity index (χ4n) is 2.97. The predicted octanol–water partition coefficient (Wildman–Crippen LogP) is 3.42. The SMILES string of the molecule is Cc1cc(N2CCC(c3ncc(C(F)(F)F)[nH]3)CC2)ncc1[N+](=O)[O-]. The molecule has 0 bridgehead atoms. The number of aryl methyl sites for hydroxylation is 1. The van der Waals surface area contributed by atoms with Crippen molar-refractivity contribution in [3.63, 3.8) is 0 Å². The molecule has 3 rings (SSSR count). The maximum Gasteiger partial charge on any atom is 0.432 e. The second kappa shape index (κ2) is 6.34. The zero-order chi connectivity index (χ0) is 18.2. The Morgan fingerprint density at radius 2 is 1.96 bits per heavy atom. The van der Waals surface area contributed by atoms with Gasteiger partial charge in [0, 0.05) is 24.6 Å². The molecular formula is C15H16F3N5O2. The Labute approximate surface area is 141 Å². The Morgan fingerprint density at radius 1 is 1.28 bits per heavy atom. The highest BCUT2D eigenvalue weighted by atomic mass is 19.4. The summed E-state index contributed by atoms with van der Waals surface area (Å²) in [7, 11) is 0. The number of rotatable bonds is 3. The molecule has 0 aromatic carbocycles. The molecule has 0 aliphatic carbocycles. The molecule has 134 valence electrons. The molecule has 1 fully saturated rings. The molecule has 1 saturated heterocycles. The standard InChI is InChI=1S/C15H16F3N5O2/c1-9-6-13(19-7-11(9)23(24)25)22-4-2-10(3-5-22)14-20-8-12(21-14)15(16,17)18/h6-8,10H,2-5H2,1H3,(H,20,21). The fraction of sp³-hybridized carbons (Fsp3) is 0.467. The molecule has 1 N–H and O–H groups in total. The maximum absolute atomic E-state index is 12.6. The zero-order valence-electron chi connectivity index (χ0n) is 13.4. The van der Waals surface area contributed by atoms with Crippen LogP contribution in [-0.2, 0) is 6.18 Å². The van der Waals surface area contributed by atoms with Crippen LogP contribution in [0.25, 0.3) is 0 Å². The van der Waals surface area contributed by atoms with E-state index >= 15 is 0 Å². The fourth-order valence-corrected chi connectivity index (χ4v) is 2.97. The number of hydrogen-bond acceptors (Lipinski definition) is 5. The van der Waals surface area contributed by atoms with Gasteiger partial charge >= 0.3 is 6.18 Å². The van der Waals surface area contributed by atoms with Crippen LogP contribution in [0.3, 0.4) is 0 Å². The number of nitro groups is 1. The Hall–Kier alpha value is -2.65. The first-order valence-electron chi connectivity index (χ1n) is 7.74. The number of alkyl halides is 3. The van der Waals surface area contributed by atoms with Gasteiger partial charge in [-0.1, -0.05) is 0 Å². The normalized spacial score (nSPS) is 16.2. The summed E-state index contributed by atoms with van der Waals surface area (Å²) in [5.41, 5.74) is -0.343. The van der Waals surface area contributed by atoms with Gasteiger partial charge in [0.2, 0.25) is 0 Å². The highest BCUT2D eigenvalue weighted by molar-refractivity contribution is 5.49. The molecule has 25 heavy (non-hydrogen) atoms. The minimum absolute atomic E-state index is 0.0334. The lowest BCUT2D eigenvalue weighted by Crippen LogP contribution is -2.33. The molecule has 3 heterocycles. The number of halogens is 3. The first-order chi connectivity index (χ1) is 11.8. The van der Waals surface area contributed by atoms with Gasteiger partial charge in [-0.25, -0.2) is 9.97 Å². The molecule has 0 spiro atoms. The van der Waals surface area contributed by atoms with E-state index in [0.717, 1.165) is 6.20 Å². The van der Waals surface area contributed by atoms with Crippen molar-refractivity contribution >= 4 is 11.5 Å². The average Bonchev–Trinajstić information content (AvgIpc) is 3.05. The van der Waals surface area contributed by atoms with Gasteiger partial charge in [0.05, 0.1) is 11.1 Å². The summed E-state index contributed by atoms with van der Waals surface area (Å²) in [4.78, 5) is 22.7. The number of piperidine rings is 1. The molecule has 2 aromatic rings. The summed E-state index contributed by atoms with van der Waals surface area (Å²) < 4.78 is 37.9. The van der Waals surface area contributed by atoms with Crippen LogP contribution in [0.1, 0.15) is 35.8 Å². The molecule has 1 aliphatic rings. The number of hydrogen-bond donors (Lipinski definition) is 1. The Morgan fingerprint density at radius 3 is 2.48 bits per heavy atom. The molecule has 0 atom stereocenters. The Kier molecular flexibility index (Phi) is 4.36. The van der Waals surface area contributed by atoms with Crippen LogP contribution in [0.2, 0.25) is 0 Å². The average molecular weight is 355 g/mol. The quantitative estimate of drug-likeness (QED) is 0.673. The van der Waals surface area contributed by atoms with E-state index in [-0.39, 0.29) is 11.6 Å². The van der Waals surface area contributed by atoms with Crippen molar-refractivity contribution in [2.75, 3.05) is 18.0 Å². The van der Waals surface area contributed by atoms with Gasteiger partial charge in [0.1, 0.15) is 23.5 Å². The minimum Gasteiger partial charge on any atom is -0.357 e. The van der Waals surface area contributed by atoms with E-state index in [4.69, 9.17) is 0 Å². The van der Waals surface area contributed by atoms with Crippen LogP contribution in [0.5, 0.6) is 0 Å². The van der Waals surface area contributed by atoms with Crippen LogP contribution >= 0.6 is 0 Å². The van der Waals surface area contributed by atoms with Crippen molar-refractivity contribution in [1.82, 2.24) is 15.0 Å². The topological polar surface area (TPSA) is 88.0 Å². The molecule has 1 aliphatic heterocycles. The highest BCUT2D eigenvalue weighted by Crippen LogP contribution is 2.32. The van der Waals surface area contributed by atoms with Crippen LogP contribution in [0, 0.1) is 17.0 Å². The van der Waals surface area contributed by atoms with Crippen LogP contribution in [0.15, 0.2) is 18.5 Å². The molecule has 7 nitrogen and oxygen atoms in total. The number of anilines is 1. The third-order valence-corrected chi connectivity index (χ3v) is 4.37. The number of imidazole rings is 1. The molecule has 0 radical (unpaired) electrons. The van der Waals surface area contributed by atoms with E-state index < -0.39 is 16.8 Å². The molecule has 0 saturated carbocycles. The molecule has 0 amide bonds. The van der Waals surface area contributed by atoms with Crippen LogP contribution < -0.4 is 4.90 Å². The summed E-state index contributed by atoms with van der Waals surface area (Å²) in [5, 5.41) is 10.8. The van der Waals surface area contributed by atoms with Gasteiger partial charge in [-0.15, -0.1) is 0 Å². The lowest BCUT2D eigenvalue weighted by atomic mass is 9.96. The summed E-state index contributed by atoms with van der Waals surface area (Å²) in [5.74, 6) is 0.906. The monoisotopic (exact) mass is 355 g/mol. The van der Waals surface area contributed by atoms with E-state index in [9.17, 15) is 23.3 Å². The summed E-state index contributed by atoms with van der Waals surface area (Å²) >= 11 is 0. The van der Waals surface area contributed by atoms with Crippen LogP contribution in [-0.4, -0.2) is 33.0 Å². The van der Waals surface area contributed by atoms with Gasteiger partial charge in [0.25, 0.3) is 5.69 Å². The summed E-state index contributed by atoms with van der Waals surface area (Å²) in [6.07, 6.45) is -1.11. The second-order valence-electron chi connectivity index (χ2n) is 6.03. The van der Waals surface area contributed by atoms with Crippen LogP contribution in [0.4, 0.5) is 24.7 Å². The second-order valence-corrected chi connectivity index (χ2v) is 6.03. The number of H-pyrrole nitrogens is 1. The molecular weight excluding hydrogens is 339 g/mol. The number of aromatic nitrogens is 3. The van der Waals surface area contributed by atoms with Gasteiger partial charge < -0.3 is 9.88 Å². The first-order valence-corrected chi connectivity index (χ1v) is 7.74. The zero-order valence-corrected chi connectivity index (χ0v) is 13.4. The predicted molar refractivity (Wildman–Crippen MR) is 83.4 cm³/mol. The van der Waals surface area contributed by atoms with E-state index in [1.54, 1.807) is 13.0 Å². The Bertz CT molecular complexity index is 782. The molecule has 10 heteroatoms. The molecule has 2 aromatic heterocycles. The lowest BCUT2D eigenvalue weighted by molar-refractivity contribution is -0.385. The van der Waals surface area contributed by atoms with E-state index in [1.165, 1.54) is 6.20 Å².